The molecule has 3 amide bonds. The summed E-state index contributed by atoms with van der Waals surface area (Å²) in [5.41, 5.74) is 1.13. The first-order valence-electron chi connectivity index (χ1n) is 9.29. The van der Waals surface area contributed by atoms with Crippen LogP contribution in [0.2, 0.25) is 0 Å². The second-order valence-electron chi connectivity index (χ2n) is 7.03. The number of morpholine rings is 2. The quantitative estimate of drug-likeness (QED) is 0.721. The number of fused-ring (bicyclic) bond motifs is 1. The zero-order valence-corrected chi connectivity index (χ0v) is 14.9. The van der Waals surface area contributed by atoms with Gasteiger partial charge in [-0.15, -0.1) is 0 Å². The molecular formula is C19H25N3O4. The number of carbonyl (C=O) groups excluding carboxylic acids is 2. The third-order valence-electron chi connectivity index (χ3n) is 5.35. The van der Waals surface area contributed by atoms with Gasteiger partial charge in [0, 0.05) is 26.2 Å². The number of hydrogen-bond acceptors (Lipinski definition) is 5. The van der Waals surface area contributed by atoms with E-state index in [4.69, 9.17) is 9.47 Å². The molecule has 0 N–H and O–H groups in total. The molecule has 7 heteroatoms. The number of imide groups is 1. The third-order valence-corrected chi connectivity index (χ3v) is 5.35. The van der Waals surface area contributed by atoms with Crippen LogP contribution in [-0.4, -0.2) is 91.3 Å². The van der Waals surface area contributed by atoms with Crippen molar-refractivity contribution in [1.82, 2.24) is 14.7 Å². The molecular weight excluding hydrogens is 334 g/mol. The lowest BCUT2D eigenvalue weighted by molar-refractivity contribution is -0.133. The smallest absolute Gasteiger partial charge is 0.327 e. The summed E-state index contributed by atoms with van der Waals surface area (Å²) in [5, 5.41) is 0. The summed E-state index contributed by atoms with van der Waals surface area (Å²) >= 11 is 0. The van der Waals surface area contributed by atoms with Crippen LogP contribution in [0.5, 0.6) is 0 Å². The molecule has 0 unspecified atom stereocenters. The van der Waals surface area contributed by atoms with Crippen molar-refractivity contribution in [2.75, 3.05) is 52.6 Å². The number of urea groups is 1. The summed E-state index contributed by atoms with van der Waals surface area (Å²) in [7, 11) is 0. The Morgan fingerprint density at radius 2 is 1.73 bits per heavy atom. The Labute approximate surface area is 153 Å². The third kappa shape index (κ3) is 3.47. The van der Waals surface area contributed by atoms with Gasteiger partial charge in [0.25, 0.3) is 5.91 Å². The normalized spacial score (nSPS) is 25.5. The topological polar surface area (TPSA) is 62.3 Å². The van der Waals surface area contributed by atoms with Crippen molar-refractivity contribution < 1.29 is 19.1 Å². The number of hydrogen-bond donors (Lipinski definition) is 0. The Kier molecular flexibility index (Phi) is 5.19. The molecule has 140 valence electrons. The summed E-state index contributed by atoms with van der Waals surface area (Å²) in [4.78, 5) is 31.4. The number of ether oxygens (including phenoxy) is 2. The first-order chi connectivity index (χ1) is 12.7. The molecule has 7 nitrogen and oxygen atoms in total. The SMILES string of the molecule is O=C1[C@H]2COCCN2C(=O)N1[C@H](Cc1ccccc1)CN1CCOCC1. The molecule has 3 fully saturated rings. The van der Waals surface area contributed by atoms with E-state index in [2.05, 4.69) is 4.90 Å². The van der Waals surface area contributed by atoms with Gasteiger partial charge >= 0.3 is 6.03 Å². The molecule has 3 heterocycles. The Morgan fingerprint density at radius 3 is 2.46 bits per heavy atom. The van der Waals surface area contributed by atoms with Crippen LogP contribution >= 0.6 is 0 Å². The average Bonchev–Trinajstić information content (AvgIpc) is 2.94. The summed E-state index contributed by atoms with van der Waals surface area (Å²) in [6.45, 7) is 5.02. The van der Waals surface area contributed by atoms with E-state index in [1.54, 1.807) is 4.90 Å². The highest BCUT2D eigenvalue weighted by atomic mass is 16.5. The second kappa shape index (κ2) is 7.73. The van der Waals surface area contributed by atoms with Gasteiger partial charge in [-0.05, 0) is 12.0 Å². The van der Waals surface area contributed by atoms with Crippen LogP contribution in [0.3, 0.4) is 0 Å². The highest BCUT2D eigenvalue weighted by Crippen LogP contribution is 2.25. The fourth-order valence-electron chi connectivity index (χ4n) is 3.97. The average molecular weight is 359 g/mol. The van der Waals surface area contributed by atoms with Crippen LogP contribution in [0.25, 0.3) is 0 Å². The number of nitrogens with zero attached hydrogens (tertiary/aromatic N) is 3. The van der Waals surface area contributed by atoms with E-state index in [0.717, 1.165) is 18.7 Å². The molecule has 3 aliphatic rings. The van der Waals surface area contributed by atoms with Gasteiger partial charge < -0.3 is 14.4 Å². The van der Waals surface area contributed by atoms with Crippen LogP contribution in [0, 0.1) is 0 Å². The molecule has 0 spiro atoms. The molecule has 2 atom stereocenters. The van der Waals surface area contributed by atoms with Gasteiger partial charge in [-0.25, -0.2) is 4.79 Å². The van der Waals surface area contributed by atoms with Gasteiger partial charge in [0.05, 0.1) is 32.5 Å². The van der Waals surface area contributed by atoms with Crippen molar-refractivity contribution in [3.63, 3.8) is 0 Å². The lowest BCUT2D eigenvalue weighted by atomic mass is 10.0. The van der Waals surface area contributed by atoms with Crippen LogP contribution in [-0.2, 0) is 20.7 Å². The minimum Gasteiger partial charge on any atom is -0.379 e. The largest absolute Gasteiger partial charge is 0.379 e. The van der Waals surface area contributed by atoms with E-state index < -0.39 is 6.04 Å². The van der Waals surface area contributed by atoms with Crippen LogP contribution in [0.1, 0.15) is 5.56 Å². The monoisotopic (exact) mass is 359 g/mol. The number of carbonyl (C=O) groups is 2. The maximum absolute atomic E-state index is 13.0. The first kappa shape index (κ1) is 17.5. The Bertz CT molecular complexity index is 623. The highest BCUT2D eigenvalue weighted by molar-refractivity contribution is 6.04. The molecule has 0 radical (unpaired) electrons. The standard InChI is InChI=1S/C19H25N3O4/c23-18-17-14-26-11-8-21(17)19(24)22(18)16(12-15-4-2-1-3-5-15)13-20-6-9-25-10-7-20/h1-5,16-17H,6-14H2/t16-,17-/m1/s1. The molecule has 3 aliphatic heterocycles. The fraction of sp³-hybridized carbons (Fsp3) is 0.579. The molecule has 1 aromatic rings. The highest BCUT2D eigenvalue weighted by Gasteiger charge is 2.49. The van der Waals surface area contributed by atoms with Crippen molar-refractivity contribution >= 4 is 11.9 Å². The van der Waals surface area contributed by atoms with Crippen molar-refractivity contribution in [3.8, 4) is 0 Å². The number of rotatable bonds is 5. The van der Waals surface area contributed by atoms with E-state index in [0.29, 0.717) is 45.9 Å². The minimum absolute atomic E-state index is 0.121. The van der Waals surface area contributed by atoms with Crippen molar-refractivity contribution in [1.29, 1.82) is 0 Å². The second-order valence-corrected chi connectivity index (χ2v) is 7.03. The van der Waals surface area contributed by atoms with E-state index in [-0.39, 0.29) is 18.0 Å². The molecule has 1 aromatic carbocycles. The molecule has 0 aliphatic carbocycles. The summed E-state index contributed by atoms with van der Waals surface area (Å²) < 4.78 is 10.9. The summed E-state index contributed by atoms with van der Waals surface area (Å²) in [6, 6.07) is 9.25. The van der Waals surface area contributed by atoms with Gasteiger partial charge in [0.15, 0.2) is 0 Å². The zero-order chi connectivity index (χ0) is 17.9. The lowest BCUT2D eigenvalue weighted by Gasteiger charge is -2.34. The minimum atomic E-state index is -0.459. The molecule has 0 saturated carbocycles. The van der Waals surface area contributed by atoms with Gasteiger partial charge in [-0.1, -0.05) is 30.3 Å². The molecule has 4 rings (SSSR count). The van der Waals surface area contributed by atoms with E-state index in [1.807, 2.05) is 30.3 Å². The van der Waals surface area contributed by atoms with Gasteiger partial charge in [0.1, 0.15) is 6.04 Å². The van der Waals surface area contributed by atoms with Gasteiger partial charge in [-0.2, -0.15) is 0 Å². The van der Waals surface area contributed by atoms with E-state index >= 15 is 0 Å². The van der Waals surface area contributed by atoms with Crippen LogP contribution in [0.15, 0.2) is 30.3 Å². The Morgan fingerprint density at radius 1 is 1.00 bits per heavy atom. The first-order valence-corrected chi connectivity index (χ1v) is 9.29. The van der Waals surface area contributed by atoms with Crippen molar-refractivity contribution in [3.05, 3.63) is 35.9 Å². The van der Waals surface area contributed by atoms with Gasteiger partial charge in [0.2, 0.25) is 0 Å². The van der Waals surface area contributed by atoms with Crippen molar-refractivity contribution in [2.45, 2.75) is 18.5 Å². The Hall–Kier alpha value is -1.96. The predicted octanol–water partition coefficient (Wildman–Crippen LogP) is 0.593. The van der Waals surface area contributed by atoms with Crippen molar-refractivity contribution in [2.24, 2.45) is 0 Å². The fourth-order valence-corrected chi connectivity index (χ4v) is 3.97. The zero-order valence-electron chi connectivity index (χ0n) is 14.9. The molecule has 3 saturated heterocycles. The summed E-state index contributed by atoms with van der Waals surface area (Å²) in [5.74, 6) is -0.121. The maximum Gasteiger partial charge on any atom is 0.327 e. The molecule has 26 heavy (non-hydrogen) atoms. The van der Waals surface area contributed by atoms with Crippen LogP contribution in [0.4, 0.5) is 4.79 Å². The summed E-state index contributed by atoms with van der Waals surface area (Å²) in [6.07, 6.45) is 0.664. The number of benzene rings is 1. The lowest BCUT2D eigenvalue weighted by Crippen LogP contribution is -2.51. The van der Waals surface area contributed by atoms with E-state index in [9.17, 15) is 9.59 Å². The molecule has 0 bridgehead atoms. The van der Waals surface area contributed by atoms with Crippen LogP contribution < -0.4 is 0 Å². The number of amides is 3. The van der Waals surface area contributed by atoms with Gasteiger partial charge in [-0.3, -0.25) is 14.6 Å². The Balaban J connectivity index is 1.56. The van der Waals surface area contributed by atoms with E-state index in [1.165, 1.54) is 4.90 Å². The maximum atomic E-state index is 13.0. The predicted molar refractivity (Wildman–Crippen MR) is 94.7 cm³/mol. The molecule has 0 aromatic heterocycles.